The maximum atomic E-state index is 11.9. The summed E-state index contributed by atoms with van der Waals surface area (Å²) in [5.41, 5.74) is 5.64. The second-order valence-electron chi connectivity index (χ2n) is 3.83. The molecule has 0 fully saturated rings. The highest BCUT2D eigenvalue weighted by atomic mass is 32.1. The molecule has 0 aliphatic heterocycles. The summed E-state index contributed by atoms with van der Waals surface area (Å²) in [5.74, 6) is -3.22. The summed E-state index contributed by atoms with van der Waals surface area (Å²) in [6, 6.07) is 0. The molecule has 0 saturated heterocycles. The van der Waals surface area contributed by atoms with Crippen LogP contribution in [0.15, 0.2) is 5.38 Å². The Morgan fingerprint density at radius 1 is 1.42 bits per heavy atom. The number of Topliss-reactive ketones (excluding diaryl/α,β-unsaturated/α-hetero) is 3. The average molecular weight is 285 g/mol. The number of nitrogens with two attached hydrogens (primary N) is 1. The van der Waals surface area contributed by atoms with Crippen molar-refractivity contribution in [3.05, 3.63) is 11.1 Å². The van der Waals surface area contributed by atoms with E-state index in [0.717, 1.165) is 18.4 Å². The number of nitrogen functional groups attached to an aromatic ring is 1. The molecular weight excluding hydrogens is 272 g/mol. The Balaban J connectivity index is 2.86. The zero-order chi connectivity index (χ0) is 14.6. The molecule has 0 aliphatic rings. The molecule has 19 heavy (non-hydrogen) atoms. The van der Waals surface area contributed by atoms with Gasteiger partial charge >= 0.3 is 0 Å². The Morgan fingerprint density at radius 3 is 2.47 bits per heavy atom. The Labute approximate surface area is 113 Å². The highest BCUT2D eigenvalue weighted by Gasteiger charge is 2.31. The van der Waals surface area contributed by atoms with Crippen LogP contribution < -0.4 is 5.73 Å². The first kappa shape index (κ1) is 15.4. The second kappa shape index (κ2) is 6.50. The third-order valence-electron chi connectivity index (χ3n) is 2.39. The summed E-state index contributed by atoms with van der Waals surface area (Å²) in [7, 11) is 1.07. The average Bonchev–Trinajstić information content (AvgIpc) is 2.73. The molecule has 8 heteroatoms. The molecule has 0 aliphatic carbocycles. The summed E-state index contributed by atoms with van der Waals surface area (Å²) in [6.45, 7) is 1.22. The summed E-state index contributed by atoms with van der Waals surface area (Å²) >= 11 is 1.09. The van der Waals surface area contributed by atoms with Crippen LogP contribution in [0.1, 0.15) is 25.0 Å². The molecule has 2 atom stereocenters. The molecule has 1 rings (SSSR count). The summed E-state index contributed by atoms with van der Waals surface area (Å²) < 4.78 is 4.29. The summed E-state index contributed by atoms with van der Waals surface area (Å²) in [4.78, 5) is 38.6. The lowest BCUT2D eigenvalue weighted by Crippen LogP contribution is -2.28. The molecule has 0 bridgehead atoms. The van der Waals surface area contributed by atoms with Crippen molar-refractivity contribution in [2.24, 2.45) is 0 Å². The molecule has 1 aromatic rings. The molecule has 103 valence electrons. The van der Waals surface area contributed by atoms with Crippen molar-refractivity contribution in [3.63, 3.8) is 0 Å². The Bertz CT molecular complexity index is 499. The van der Waals surface area contributed by atoms with Gasteiger partial charge in [0, 0.05) is 12.5 Å². The number of hydrogen-bond donors (Lipinski definition) is 1. The first-order valence-electron chi connectivity index (χ1n) is 5.32. The van der Waals surface area contributed by atoms with Gasteiger partial charge in [-0.05, 0) is 6.92 Å². The maximum Gasteiger partial charge on any atom is 0.250 e. The van der Waals surface area contributed by atoms with Crippen molar-refractivity contribution in [3.8, 4) is 0 Å². The van der Waals surface area contributed by atoms with Crippen molar-refractivity contribution >= 4 is 33.8 Å². The van der Waals surface area contributed by atoms with Crippen LogP contribution in [0.5, 0.6) is 0 Å². The quantitative estimate of drug-likeness (QED) is 0.569. The van der Waals surface area contributed by atoms with E-state index in [1.165, 1.54) is 12.3 Å². The van der Waals surface area contributed by atoms with E-state index in [9.17, 15) is 19.5 Å². The number of carbonyl (C=O) groups excluding carboxylic acids is 3. The van der Waals surface area contributed by atoms with Gasteiger partial charge in [-0.1, -0.05) is 0 Å². The number of thiazole rings is 1. The van der Waals surface area contributed by atoms with Gasteiger partial charge in [0.05, 0.1) is 12.1 Å². The van der Waals surface area contributed by atoms with Crippen molar-refractivity contribution in [1.82, 2.24) is 4.98 Å². The Kier molecular flexibility index (Phi) is 5.28. The van der Waals surface area contributed by atoms with E-state index < -0.39 is 36.0 Å². The third kappa shape index (κ3) is 3.91. The van der Waals surface area contributed by atoms with Gasteiger partial charge in [0.2, 0.25) is 0 Å². The van der Waals surface area contributed by atoms with Gasteiger partial charge in [-0.25, -0.2) is 4.98 Å². The fourth-order valence-electron chi connectivity index (χ4n) is 1.52. The zero-order valence-electron chi connectivity index (χ0n) is 10.4. The van der Waals surface area contributed by atoms with Gasteiger partial charge in [0.15, 0.2) is 16.7 Å². The molecule has 1 radical (unpaired) electrons. The van der Waals surface area contributed by atoms with Crippen LogP contribution in [0.4, 0.5) is 5.13 Å². The van der Waals surface area contributed by atoms with E-state index in [2.05, 4.69) is 9.72 Å². The van der Waals surface area contributed by atoms with Gasteiger partial charge in [-0.3, -0.25) is 14.4 Å². The number of anilines is 1. The standard InChI is InChI=1S/C11H13N2O5S/c1-5(14)9(6-4-19-11(12)13-6)7(15)3-8(16)10(17)18-2/h4,9-10H,3H2,1-2H3,(H2,12,13). The predicted octanol–water partition coefficient (Wildman–Crippen LogP) is 0.329. The van der Waals surface area contributed by atoms with Crippen LogP contribution in [0, 0.1) is 0 Å². The van der Waals surface area contributed by atoms with Gasteiger partial charge in [0.25, 0.3) is 6.29 Å². The molecule has 0 spiro atoms. The van der Waals surface area contributed by atoms with E-state index in [1.807, 2.05) is 0 Å². The van der Waals surface area contributed by atoms with Crippen LogP contribution in [0.25, 0.3) is 0 Å². The minimum absolute atomic E-state index is 0.202. The molecular formula is C11H13N2O5S. The topological polar surface area (TPSA) is 119 Å². The molecule has 1 aromatic heterocycles. The smallest absolute Gasteiger partial charge is 0.250 e. The number of ether oxygens (including phenoxy) is 1. The van der Waals surface area contributed by atoms with E-state index >= 15 is 0 Å². The van der Waals surface area contributed by atoms with E-state index in [0.29, 0.717) is 0 Å². The number of ketones is 3. The summed E-state index contributed by atoms with van der Waals surface area (Å²) in [5, 5.41) is 12.7. The van der Waals surface area contributed by atoms with Crippen LogP contribution in [-0.4, -0.2) is 35.7 Å². The molecule has 2 unspecified atom stereocenters. The molecule has 0 aromatic carbocycles. The van der Waals surface area contributed by atoms with Crippen molar-refractivity contribution < 1.29 is 24.2 Å². The highest BCUT2D eigenvalue weighted by Crippen LogP contribution is 2.23. The number of rotatable bonds is 7. The maximum absolute atomic E-state index is 11.9. The van der Waals surface area contributed by atoms with Crippen LogP contribution in [0.2, 0.25) is 0 Å². The number of nitrogens with zero attached hydrogens (tertiary/aromatic N) is 1. The van der Waals surface area contributed by atoms with Gasteiger partial charge in [0.1, 0.15) is 11.7 Å². The first-order chi connectivity index (χ1) is 8.86. The second-order valence-corrected chi connectivity index (χ2v) is 4.72. The van der Waals surface area contributed by atoms with Gasteiger partial charge in [-0.2, -0.15) is 5.11 Å². The van der Waals surface area contributed by atoms with Crippen molar-refractivity contribution in [2.45, 2.75) is 25.6 Å². The third-order valence-corrected chi connectivity index (χ3v) is 3.08. The zero-order valence-corrected chi connectivity index (χ0v) is 11.2. The molecule has 0 saturated carbocycles. The van der Waals surface area contributed by atoms with E-state index in [1.54, 1.807) is 0 Å². The van der Waals surface area contributed by atoms with Crippen molar-refractivity contribution in [2.75, 3.05) is 12.8 Å². The normalized spacial score (nSPS) is 13.8. The predicted molar refractivity (Wildman–Crippen MR) is 66.1 cm³/mol. The number of carbonyl (C=O) groups is 3. The molecule has 1 heterocycles. The Morgan fingerprint density at radius 2 is 2.05 bits per heavy atom. The SMILES string of the molecule is COC([O])C(=O)CC(=O)C(C(C)=O)c1csc(N)n1. The Hall–Kier alpha value is -1.64. The van der Waals surface area contributed by atoms with Crippen LogP contribution in [-0.2, 0) is 24.2 Å². The van der Waals surface area contributed by atoms with E-state index in [4.69, 9.17) is 5.73 Å². The minimum Gasteiger partial charge on any atom is -0.375 e. The minimum atomic E-state index is -1.92. The number of methoxy groups -OCH3 is 1. The monoisotopic (exact) mass is 285 g/mol. The van der Waals surface area contributed by atoms with Crippen molar-refractivity contribution in [1.29, 1.82) is 0 Å². The van der Waals surface area contributed by atoms with Crippen LogP contribution in [0.3, 0.4) is 0 Å². The van der Waals surface area contributed by atoms with E-state index in [-0.39, 0.29) is 10.8 Å². The number of hydrogen-bond acceptors (Lipinski definition) is 7. The fourth-order valence-corrected chi connectivity index (χ4v) is 2.11. The van der Waals surface area contributed by atoms with Gasteiger partial charge in [-0.15, -0.1) is 11.3 Å². The lowest BCUT2D eigenvalue weighted by atomic mass is 9.93. The fraction of sp³-hybridized carbons (Fsp3) is 0.455. The largest absolute Gasteiger partial charge is 0.375 e. The summed E-state index contributed by atoms with van der Waals surface area (Å²) in [6.07, 6.45) is -2.58. The lowest BCUT2D eigenvalue weighted by molar-refractivity contribution is -0.163. The number of aromatic nitrogens is 1. The molecule has 7 nitrogen and oxygen atoms in total. The lowest BCUT2D eigenvalue weighted by Gasteiger charge is -2.10. The molecule has 0 amide bonds. The highest BCUT2D eigenvalue weighted by molar-refractivity contribution is 7.13. The molecule has 2 N–H and O–H groups in total. The van der Waals surface area contributed by atoms with Crippen LogP contribution >= 0.6 is 11.3 Å². The first-order valence-corrected chi connectivity index (χ1v) is 6.20. The van der Waals surface area contributed by atoms with Gasteiger partial charge < -0.3 is 10.5 Å².